The van der Waals surface area contributed by atoms with Gasteiger partial charge in [-0.25, -0.2) is 19.0 Å². The molecule has 3 amide bonds. The molecule has 0 fully saturated rings. The third-order valence-electron chi connectivity index (χ3n) is 4.14. The molecule has 12 heteroatoms. The number of hydrogen-bond donors (Lipinski definition) is 3. The van der Waals surface area contributed by atoms with Crippen molar-refractivity contribution in [1.82, 2.24) is 24.8 Å². The number of hydrogen-bond acceptors (Lipinski definition) is 6. The maximum Gasteiger partial charge on any atom is 0.328 e. The number of H-pyrrole nitrogens is 1. The molecule has 10 nitrogen and oxygen atoms in total. The van der Waals surface area contributed by atoms with E-state index in [0.717, 1.165) is 10.6 Å². The van der Waals surface area contributed by atoms with Crippen molar-refractivity contribution in [3.8, 4) is 0 Å². The second-order valence-electron chi connectivity index (χ2n) is 6.57. The highest BCUT2D eigenvalue weighted by atomic mass is 32.1. The predicted octanol–water partition coefficient (Wildman–Crippen LogP) is 1.11. The van der Waals surface area contributed by atoms with Crippen molar-refractivity contribution in [3.63, 3.8) is 0 Å². The number of carbonyl (C=O) groups is 2. The molecule has 31 heavy (non-hydrogen) atoms. The lowest BCUT2D eigenvalue weighted by Gasteiger charge is -2.16. The van der Waals surface area contributed by atoms with Crippen molar-refractivity contribution in [2.45, 2.75) is 19.6 Å². The molecule has 0 aliphatic carbocycles. The van der Waals surface area contributed by atoms with Crippen LogP contribution in [0.3, 0.4) is 0 Å². The van der Waals surface area contributed by atoms with Crippen LogP contribution in [0, 0.1) is 5.82 Å². The maximum absolute atomic E-state index is 13.2. The molecule has 2 heterocycles. The van der Waals surface area contributed by atoms with Gasteiger partial charge in [-0.1, -0.05) is 12.1 Å². The van der Waals surface area contributed by atoms with Crippen LogP contribution in [0.4, 0.5) is 14.3 Å². The number of nitrogens with zero attached hydrogens (tertiary/aromatic N) is 3. The zero-order valence-corrected chi connectivity index (χ0v) is 17.2. The van der Waals surface area contributed by atoms with Crippen molar-refractivity contribution in [1.29, 1.82) is 0 Å². The first-order valence-corrected chi connectivity index (χ1v) is 9.95. The van der Waals surface area contributed by atoms with Crippen LogP contribution >= 0.6 is 11.3 Å². The molecule has 0 saturated heterocycles. The van der Waals surface area contributed by atoms with Crippen molar-refractivity contribution < 1.29 is 14.0 Å². The van der Waals surface area contributed by atoms with E-state index in [1.54, 1.807) is 24.6 Å². The number of nitrogens with one attached hydrogen (secondary N) is 3. The molecule has 0 spiro atoms. The Morgan fingerprint density at radius 3 is 2.84 bits per heavy atom. The Balaban J connectivity index is 1.50. The highest BCUT2D eigenvalue weighted by Crippen LogP contribution is 2.16. The zero-order chi connectivity index (χ0) is 22.4. The fourth-order valence-electron chi connectivity index (χ4n) is 2.57. The van der Waals surface area contributed by atoms with E-state index in [1.807, 2.05) is 0 Å². The van der Waals surface area contributed by atoms with E-state index in [2.05, 4.69) is 20.6 Å². The molecule has 162 valence electrons. The summed E-state index contributed by atoms with van der Waals surface area (Å²) in [6, 6.07) is 6.57. The van der Waals surface area contributed by atoms with Gasteiger partial charge in [-0.3, -0.25) is 24.5 Å². The lowest BCUT2D eigenvalue weighted by Crippen LogP contribution is -2.36. The molecule has 1 aromatic carbocycles. The number of amides is 3. The van der Waals surface area contributed by atoms with E-state index in [1.165, 1.54) is 34.6 Å². The van der Waals surface area contributed by atoms with Crippen molar-refractivity contribution in [2.75, 3.05) is 12.4 Å². The molecule has 0 saturated carbocycles. The number of halogens is 1. The van der Waals surface area contributed by atoms with Gasteiger partial charge >= 0.3 is 11.7 Å². The van der Waals surface area contributed by atoms with E-state index in [4.69, 9.17) is 0 Å². The Bertz CT molecular complexity index is 1200. The number of aromatic nitrogens is 3. The van der Waals surface area contributed by atoms with E-state index in [9.17, 15) is 23.6 Å². The molecule has 0 aliphatic rings. The summed E-state index contributed by atoms with van der Waals surface area (Å²) in [7, 11) is 1.55. The first-order chi connectivity index (χ1) is 14.8. The standard InChI is InChI=1S/C19H19FN6O4S/c1-25(16(28)10-26-6-5-15(27)23-19(26)30)9-14-11-31-18(22-14)24-17(29)21-8-12-3-2-4-13(20)7-12/h2-7,11H,8-10H2,1H3,(H,23,27,30)(H2,21,22,24,29). The number of aromatic amines is 1. The SMILES string of the molecule is CN(Cc1csc(NC(=O)NCc2cccc(F)c2)n1)C(=O)Cn1ccc(=O)[nH]c1=O. The summed E-state index contributed by atoms with van der Waals surface area (Å²) in [5, 5.41) is 7.22. The van der Waals surface area contributed by atoms with E-state index in [0.29, 0.717) is 16.4 Å². The van der Waals surface area contributed by atoms with Crippen LogP contribution in [0.25, 0.3) is 0 Å². The summed E-state index contributed by atoms with van der Waals surface area (Å²) in [4.78, 5) is 54.8. The fourth-order valence-corrected chi connectivity index (χ4v) is 3.27. The minimum atomic E-state index is -0.668. The normalized spacial score (nSPS) is 10.5. The lowest BCUT2D eigenvalue weighted by molar-refractivity contribution is -0.131. The Morgan fingerprint density at radius 1 is 1.29 bits per heavy atom. The summed E-state index contributed by atoms with van der Waals surface area (Å²) < 4.78 is 14.3. The quantitative estimate of drug-likeness (QED) is 0.501. The number of thiazole rings is 1. The van der Waals surface area contributed by atoms with Crippen LogP contribution in [-0.4, -0.2) is 38.4 Å². The average Bonchev–Trinajstić information content (AvgIpc) is 3.15. The second-order valence-corrected chi connectivity index (χ2v) is 7.43. The van der Waals surface area contributed by atoms with Gasteiger partial charge in [0.2, 0.25) is 5.91 Å². The first kappa shape index (κ1) is 21.9. The molecule has 0 unspecified atom stereocenters. The Kier molecular flexibility index (Phi) is 6.92. The highest BCUT2D eigenvalue weighted by Gasteiger charge is 2.14. The van der Waals surface area contributed by atoms with Crippen LogP contribution in [-0.2, 0) is 24.4 Å². The molecule has 0 aliphatic heterocycles. The maximum atomic E-state index is 13.2. The molecule has 2 aromatic heterocycles. The minimum absolute atomic E-state index is 0.156. The third kappa shape index (κ3) is 6.34. The fraction of sp³-hybridized carbons (Fsp3) is 0.211. The Hall–Kier alpha value is -3.80. The van der Waals surface area contributed by atoms with Gasteiger partial charge in [0, 0.05) is 31.2 Å². The van der Waals surface area contributed by atoms with Gasteiger partial charge in [0.15, 0.2) is 5.13 Å². The van der Waals surface area contributed by atoms with Gasteiger partial charge in [-0.05, 0) is 17.7 Å². The van der Waals surface area contributed by atoms with Crippen molar-refractivity contribution in [3.05, 3.63) is 79.8 Å². The topological polar surface area (TPSA) is 129 Å². The Labute approximate surface area is 179 Å². The number of benzene rings is 1. The van der Waals surface area contributed by atoms with Gasteiger partial charge < -0.3 is 10.2 Å². The van der Waals surface area contributed by atoms with Gasteiger partial charge in [0.25, 0.3) is 5.56 Å². The van der Waals surface area contributed by atoms with Crippen LogP contribution in [0.1, 0.15) is 11.3 Å². The molecular weight excluding hydrogens is 427 g/mol. The monoisotopic (exact) mass is 446 g/mol. The number of likely N-dealkylation sites (N-methyl/N-ethyl adjacent to an activating group) is 1. The number of anilines is 1. The largest absolute Gasteiger partial charge is 0.338 e. The molecule has 0 bridgehead atoms. The number of rotatable bonds is 7. The van der Waals surface area contributed by atoms with Gasteiger partial charge in [0.05, 0.1) is 12.2 Å². The van der Waals surface area contributed by atoms with Gasteiger partial charge in [-0.2, -0.15) is 0 Å². The molecule has 3 rings (SSSR count). The smallest absolute Gasteiger partial charge is 0.328 e. The van der Waals surface area contributed by atoms with Crippen LogP contribution in [0.15, 0.2) is 51.5 Å². The predicted molar refractivity (Wildman–Crippen MR) is 112 cm³/mol. The van der Waals surface area contributed by atoms with E-state index < -0.39 is 17.3 Å². The number of urea groups is 1. The highest BCUT2D eigenvalue weighted by molar-refractivity contribution is 7.13. The van der Waals surface area contributed by atoms with Crippen LogP contribution < -0.4 is 21.9 Å². The summed E-state index contributed by atoms with van der Waals surface area (Å²) in [6.07, 6.45) is 1.25. The van der Waals surface area contributed by atoms with E-state index in [-0.39, 0.29) is 31.4 Å². The zero-order valence-electron chi connectivity index (χ0n) is 16.4. The number of carbonyl (C=O) groups excluding carboxylic acids is 2. The summed E-state index contributed by atoms with van der Waals surface area (Å²) in [5.74, 6) is -0.738. The van der Waals surface area contributed by atoms with Crippen LogP contribution in [0.5, 0.6) is 0 Å². The first-order valence-electron chi connectivity index (χ1n) is 9.07. The third-order valence-corrected chi connectivity index (χ3v) is 4.95. The van der Waals surface area contributed by atoms with Crippen LogP contribution in [0.2, 0.25) is 0 Å². The molecule has 0 radical (unpaired) electrons. The summed E-state index contributed by atoms with van der Waals surface area (Å²) in [6.45, 7) is 0.0903. The van der Waals surface area contributed by atoms with Crippen molar-refractivity contribution >= 4 is 28.4 Å². The molecular formula is C19H19FN6O4S. The van der Waals surface area contributed by atoms with E-state index >= 15 is 0 Å². The Morgan fingerprint density at radius 2 is 2.10 bits per heavy atom. The molecule has 0 atom stereocenters. The van der Waals surface area contributed by atoms with Crippen molar-refractivity contribution in [2.24, 2.45) is 0 Å². The molecule has 3 N–H and O–H groups in total. The average molecular weight is 446 g/mol. The second kappa shape index (κ2) is 9.80. The van der Waals surface area contributed by atoms with Gasteiger partial charge in [-0.15, -0.1) is 11.3 Å². The summed E-state index contributed by atoms with van der Waals surface area (Å²) in [5.41, 5.74) is -0.0324. The lowest BCUT2D eigenvalue weighted by atomic mass is 10.2. The summed E-state index contributed by atoms with van der Waals surface area (Å²) >= 11 is 1.19. The minimum Gasteiger partial charge on any atom is -0.338 e. The van der Waals surface area contributed by atoms with Gasteiger partial charge in [0.1, 0.15) is 12.4 Å². The molecule has 3 aromatic rings.